The lowest BCUT2D eigenvalue weighted by Gasteiger charge is -2.29. The largest absolute Gasteiger partial charge is 0.354 e. The van der Waals surface area contributed by atoms with Gasteiger partial charge in [-0.25, -0.2) is 13.1 Å². The van der Waals surface area contributed by atoms with E-state index in [0.717, 1.165) is 31.5 Å². The molecule has 0 bridgehead atoms. The minimum Gasteiger partial charge on any atom is -0.354 e. The van der Waals surface area contributed by atoms with Crippen molar-refractivity contribution in [3.63, 3.8) is 0 Å². The molecule has 9 heteroatoms. The quantitative estimate of drug-likeness (QED) is 0.450. The molecular weight excluding hydrogens is 476 g/mol. The van der Waals surface area contributed by atoms with Crippen molar-refractivity contribution in [3.8, 4) is 0 Å². The molecule has 2 aromatic rings. The second-order valence-corrected chi connectivity index (χ2v) is 11.5. The fourth-order valence-corrected chi connectivity index (χ4v) is 6.37. The van der Waals surface area contributed by atoms with Gasteiger partial charge in [-0.15, -0.1) is 0 Å². The van der Waals surface area contributed by atoms with Crippen LogP contribution < -0.4 is 15.4 Å². The molecule has 36 heavy (non-hydrogen) atoms. The van der Waals surface area contributed by atoms with E-state index in [1.807, 2.05) is 36.4 Å². The molecule has 194 valence electrons. The van der Waals surface area contributed by atoms with Gasteiger partial charge in [-0.05, 0) is 62.2 Å². The topological polar surface area (TPSA) is 108 Å². The minimum atomic E-state index is -3.79. The monoisotopic (exact) mass is 512 g/mol. The first-order valence-corrected chi connectivity index (χ1v) is 14.4. The highest BCUT2D eigenvalue weighted by Crippen LogP contribution is 2.21. The van der Waals surface area contributed by atoms with Crippen LogP contribution in [0.1, 0.15) is 36.8 Å². The number of nitrogens with one attached hydrogen (secondary N) is 3. The zero-order valence-electron chi connectivity index (χ0n) is 20.6. The highest BCUT2D eigenvalue weighted by Gasteiger charge is 2.38. The lowest BCUT2D eigenvalue weighted by Crippen LogP contribution is -2.54. The van der Waals surface area contributed by atoms with Gasteiger partial charge in [0.1, 0.15) is 12.1 Å². The van der Waals surface area contributed by atoms with E-state index in [4.69, 9.17) is 0 Å². The van der Waals surface area contributed by atoms with Gasteiger partial charge in [0.05, 0.1) is 5.75 Å². The standard InChI is InChI=1S/C27H36N4O4S/c32-26(29-19-22-13-15-28-16-14-22)25-12-7-17-31(25)27(33)24(18-21-8-3-1-4-9-21)30-36(34,35)20-23-10-5-2-6-11-23/h1-6,8-11,22,24-25,28,30H,7,12-20H2,(H,29,32)/t24-,25+/m1/s1. The summed E-state index contributed by atoms with van der Waals surface area (Å²) in [4.78, 5) is 28.3. The van der Waals surface area contributed by atoms with E-state index in [0.29, 0.717) is 37.4 Å². The number of amides is 2. The van der Waals surface area contributed by atoms with Crippen LogP contribution in [0.5, 0.6) is 0 Å². The Morgan fingerprint density at radius 3 is 2.25 bits per heavy atom. The maximum absolute atomic E-state index is 13.7. The molecule has 8 nitrogen and oxygen atoms in total. The fraction of sp³-hybridized carbons (Fsp3) is 0.481. The van der Waals surface area contributed by atoms with Crippen LogP contribution in [0.4, 0.5) is 0 Å². The molecule has 3 N–H and O–H groups in total. The Kier molecular flexibility index (Phi) is 9.12. The summed E-state index contributed by atoms with van der Waals surface area (Å²) in [5.74, 6) is -0.275. The van der Waals surface area contributed by atoms with Gasteiger partial charge in [0, 0.05) is 13.1 Å². The number of piperidine rings is 1. The van der Waals surface area contributed by atoms with Gasteiger partial charge in [-0.3, -0.25) is 9.59 Å². The lowest BCUT2D eigenvalue weighted by molar-refractivity contribution is -0.139. The molecule has 0 saturated carbocycles. The average molecular weight is 513 g/mol. The van der Waals surface area contributed by atoms with Crippen LogP contribution >= 0.6 is 0 Å². The first-order chi connectivity index (χ1) is 17.4. The normalized spacial score (nSPS) is 19.7. The smallest absolute Gasteiger partial charge is 0.242 e. The van der Waals surface area contributed by atoms with Crippen molar-refractivity contribution in [2.45, 2.75) is 49.9 Å². The molecule has 0 spiro atoms. The summed E-state index contributed by atoms with van der Waals surface area (Å²) in [5, 5.41) is 6.37. The van der Waals surface area contributed by atoms with Crippen LogP contribution in [0.2, 0.25) is 0 Å². The van der Waals surface area contributed by atoms with Gasteiger partial charge in [0.15, 0.2) is 0 Å². The van der Waals surface area contributed by atoms with Crippen molar-refractivity contribution in [2.75, 3.05) is 26.2 Å². The number of hydrogen-bond donors (Lipinski definition) is 3. The van der Waals surface area contributed by atoms with Gasteiger partial charge < -0.3 is 15.5 Å². The molecule has 2 saturated heterocycles. The second kappa shape index (κ2) is 12.5. The van der Waals surface area contributed by atoms with Gasteiger partial charge in [-0.2, -0.15) is 0 Å². The molecule has 0 radical (unpaired) electrons. The third-order valence-electron chi connectivity index (χ3n) is 6.96. The molecule has 2 fully saturated rings. The summed E-state index contributed by atoms with van der Waals surface area (Å²) in [5.41, 5.74) is 1.50. The third-order valence-corrected chi connectivity index (χ3v) is 8.32. The van der Waals surface area contributed by atoms with Gasteiger partial charge in [0.25, 0.3) is 0 Å². The van der Waals surface area contributed by atoms with Gasteiger partial charge in [0.2, 0.25) is 21.8 Å². The number of sulfonamides is 1. The van der Waals surface area contributed by atoms with Crippen molar-refractivity contribution in [1.82, 2.24) is 20.3 Å². The maximum Gasteiger partial charge on any atom is 0.242 e. The van der Waals surface area contributed by atoms with E-state index in [-0.39, 0.29) is 24.0 Å². The molecule has 4 rings (SSSR count). The molecule has 2 atom stereocenters. The van der Waals surface area contributed by atoms with E-state index in [9.17, 15) is 18.0 Å². The fourth-order valence-electron chi connectivity index (χ4n) is 5.03. The SMILES string of the molecule is O=C(NCC1CCNCC1)[C@@H]1CCCN1C(=O)[C@@H](Cc1ccccc1)NS(=O)(=O)Cc1ccccc1. The Morgan fingerprint density at radius 2 is 1.58 bits per heavy atom. The van der Waals surface area contributed by atoms with Crippen molar-refractivity contribution in [3.05, 3.63) is 71.8 Å². The maximum atomic E-state index is 13.7. The number of likely N-dealkylation sites (tertiary alicyclic amines) is 1. The lowest BCUT2D eigenvalue weighted by atomic mass is 9.98. The average Bonchev–Trinajstić information content (AvgIpc) is 3.38. The molecule has 2 aliphatic rings. The molecule has 2 heterocycles. The number of rotatable bonds is 10. The number of nitrogens with zero attached hydrogens (tertiary/aromatic N) is 1. The van der Waals surface area contributed by atoms with E-state index < -0.39 is 22.1 Å². The van der Waals surface area contributed by atoms with E-state index in [2.05, 4.69) is 15.4 Å². The Labute approximate surface area is 213 Å². The Morgan fingerprint density at radius 1 is 0.944 bits per heavy atom. The molecule has 0 aromatic heterocycles. The number of carbonyl (C=O) groups is 2. The summed E-state index contributed by atoms with van der Waals surface area (Å²) >= 11 is 0. The van der Waals surface area contributed by atoms with Crippen LogP contribution in [-0.2, 0) is 31.8 Å². The van der Waals surface area contributed by atoms with Crippen LogP contribution in [-0.4, -0.2) is 63.4 Å². The second-order valence-electron chi connectivity index (χ2n) is 9.73. The van der Waals surface area contributed by atoms with Crippen LogP contribution in [0.15, 0.2) is 60.7 Å². The van der Waals surface area contributed by atoms with Crippen LogP contribution in [0.3, 0.4) is 0 Å². The molecule has 0 aliphatic carbocycles. The third kappa shape index (κ3) is 7.38. The summed E-state index contributed by atoms with van der Waals surface area (Å²) in [7, 11) is -3.79. The van der Waals surface area contributed by atoms with Crippen molar-refractivity contribution in [1.29, 1.82) is 0 Å². The van der Waals surface area contributed by atoms with E-state index >= 15 is 0 Å². The van der Waals surface area contributed by atoms with Gasteiger partial charge >= 0.3 is 0 Å². The molecule has 0 unspecified atom stereocenters. The van der Waals surface area contributed by atoms with Crippen molar-refractivity contribution in [2.24, 2.45) is 5.92 Å². The first-order valence-electron chi connectivity index (χ1n) is 12.8. The first kappa shape index (κ1) is 26.3. The van der Waals surface area contributed by atoms with Crippen LogP contribution in [0, 0.1) is 5.92 Å². The molecule has 2 aliphatic heterocycles. The summed E-state index contributed by atoms with van der Waals surface area (Å²) in [6, 6.07) is 16.7. The molecule has 2 amide bonds. The zero-order valence-corrected chi connectivity index (χ0v) is 21.4. The molecular formula is C27H36N4O4S. The Bertz CT molecular complexity index is 1110. The van der Waals surface area contributed by atoms with E-state index in [1.54, 1.807) is 29.2 Å². The summed E-state index contributed by atoms with van der Waals surface area (Å²) in [6.45, 7) is 2.96. The number of hydrogen-bond acceptors (Lipinski definition) is 5. The zero-order chi connectivity index (χ0) is 25.4. The highest BCUT2D eigenvalue weighted by atomic mass is 32.2. The van der Waals surface area contributed by atoms with Crippen LogP contribution in [0.25, 0.3) is 0 Å². The van der Waals surface area contributed by atoms with Crippen molar-refractivity contribution < 1.29 is 18.0 Å². The van der Waals surface area contributed by atoms with Crippen molar-refractivity contribution >= 4 is 21.8 Å². The Hall–Kier alpha value is -2.75. The summed E-state index contributed by atoms with van der Waals surface area (Å²) in [6.07, 6.45) is 3.56. The number of benzene rings is 2. The van der Waals surface area contributed by atoms with Gasteiger partial charge in [-0.1, -0.05) is 60.7 Å². The highest BCUT2D eigenvalue weighted by molar-refractivity contribution is 7.88. The molecule has 2 aromatic carbocycles. The Balaban J connectivity index is 1.46. The summed E-state index contributed by atoms with van der Waals surface area (Å²) < 4.78 is 28.7. The predicted octanol–water partition coefficient (Wildman–Crippen LogP) is 1.82. The van der Waals surface area contributed by atoms with E-state index in [1.165, 1.54) is 0 Å². The minimum absolute atomic E-state index is 0.148. The predicted molar refractivity (Wildman–Crippen MR) is 139 cm³/mol. The number of carbonyl (C=O) groups excluding carboxylic acids is 2.